The standard InChI is InChI=1S/C12H12F3NOS/c1-3-8-6-9(18-7(8)2)10(17)16-11(4-5-11)12(13,14)15/h3,6H,1,4-5H2,2H3,(H,16,17). The lowest BCUT2D eigenvalue weighted by molar-refractivity contribution is -0.163. The first kappa shape index (κ1) is 13.1. The molecule has 0 atom stereocenters. The van der Waals surface area contributed by atoms with Crippen LogP contribution < -0.4 is 5.32 Å². The zero-order valence-electron chi connectivity index (χ0n) is 9.73. The van der Waals surface area contributed by atoms with Crippen LogP contribution in [0.2, 0.25) is 0 Å². The summed E-state index contributed by atoms with van der Waals surface area (Å²) < 4.78 is 38.1. The van der Waals surface area contributed by atoms with Crippen molar-refractivity contribution in [2.24, 2.45) is 0 Å². The van der Waals surface area contributed by atoms with Crippen LogP contribution in [0.5, 0.6) is 0 Å². The van der Waals surface area contributed by atoms with Gasteiger partial charge in [-0.15, -0.1) is 11.3 Å². The molecule has 1 heterocycles. The van der Waals surface area contributed by atoms with Crippen LogP contribution in [0.25, 0.3) is 6.08 Å². The summed E-state index contributed by atoms with van der Waals surface area (Å²) >= 11 is 1.18. The SMILES string of the molecule is C=Cc1cc(C(=O)NC2(C(F)(F)F)CC2)sc1C. The zero-order chi connectivity index (χ0) is 13.6. The van der Waals surface area contributed by atoms with E-state index in [9.17, 15) is 18.0 Å². The molecule has 1 saturated carbocycles. The summed E-state index contributed by atoms with van der Waals surface area (Å²) in [6.45, 7) is 5.39. The Morgan fingerprint density at radius 1 is 1.56 bits per heavy atom. The van der Waals surface area contributed by atoms with E-state index < -0.39 is 17.6 Å². The van der Waals surface area contributed by atoms with E-state index >= 15 is 0 Å². The van der Waals surface area contributed by atoms with E-state index in [1.165, 1.54) is 11.3 Å². The lowest BCUT2D eigenvalue weighted by Crippen LogP contribution is -2.47. The van der Waals surface area contributed by atoms with Crippen LogP contribution in [0.4, 0.5) is 13.2 Å². The Hall–Kier alpha value is -1.30. The molecule has 2 rings (SSSR count). The van der Waals surface area contributed by atoms with Gasteiger partial charge in [-0.25, -0.2) is 0 Å². The average molecular weight is 275 g/mol. The molecule has 0 aromatic carbocycles. The van der Waals surface area contributed by atoms with Crippen molar-refractivity contribution < 1.29 is 18.0 Å². The van der Waals surface area contributed by atoms with Crippen LogP contribution in [0.3, 0.4) is 0 Å². The molecule has 1 aromatic rings. The predicted octanol–water partition coefficient (Wildman–Crippen LogP) is 3.52. The maximum atomic E-state index is 12.7. The molecule has 1 fully saturated rings. The molecule has 98 valence electrons. The number of amides is 1. The Labute approximate surface area is 107 Å². The van der Waals surface area contributed by atoms with Crippen LogP contribution >= 0.6 is 11.3 Å². The maximum absolute atomic E-state index is 12.7. The van der Waals surface area contributed by atoms with Crippen LogP contribution in [-0.4, -0.2) is 17.6 Å². The average Bonchev–Trinajstić information content (AvgIpc) is 2.95. The van der Waals surface area contributed by atoms with Gasteiger partial charge in [-0.1, -0.05) is 12.7 Å². The molecule has 1 amide bonds. The van der Waals surface area contributed by atoms with Crippen molar-refractivity contribution in [3.8, 4) is 0 Å². The summed E-state index contributed by atoms with van der Waals surface area (Å²) in [5, 5.41) is 2.10. The molecule has 6 heteroatoms. The topological polar surface area (TPSA) is 29.1 Å². The second-order valence-electron chi connectivity index (χ2n) is 4.36. The maximum Gasteiger partial charge on any atom is 0.411 e. The first-order chi connectivity index (χ1) is 8.29. The van der Waals surface area contributed by atoms with E-state index in [2.05, 4.69) is 11.9 Å². The highest BCUT2D eigenvalue weighted by molar-refractivity contribution is 7.14. The van der Waals surface area contributed by atoms with Crippen molar-refractivity contribution in [1.82, 2.24) is 5.32 Å². The number of nitrogens with one attached hydrogen (secondary N) is 1. The largest absolute Gasteiger partial charge is 0.411 e. The van der Waals surface area contributed by atoms with Crippen molar-refractivity contribution in [3.05, 3.63) is 28.0 Å². The molecule has 0 radical (unpaired) electrons. The van der Waals surface area contributed by atoms with E-state index in [1.54, 1.807) is 19.1 Å². The van der Waals surface area contributed by atoms with Crippen LogP contribution in [-0.2, 0) is 0 Å². The lowest BCUT2D eigenvalue weighted by Gasteiger charge is -2.20. The van der Waals surface area contributed by atoms with Crippen molar-refractivity contribution >= 4 is 23.3 Å². The Morgan fingerprint density at radius 2 is 2.17 bits per heavy atom. The van der Waals surface area contributed by atoms with E-state index in [0.717, 1.165) is 10.4 Å². The Morgan fingerprint density at radius 3 is 2.56 bits per heavy atom. The van der Waals surface area contributed by atoms with Gasteiger partial charge in [0.2, 0.25) is 0 Å². The summed E-state index contributed by atoms with van der Waals surface area (Å²) in [4.78, 5) is 13.0. The van der Waals surface area contributed by atoms with Gasteiger partial charge in [0.25, 0.3) is 5.91 Å². The third-order valence-corrected chi connectivity index (χ3v) is 4.11. The first-order valence-electron chi connectivity index (χ1n) is 5.41. The molecular weight excluding hydrogens is 263 g/mol. The minimum absolute atomic E-state index is 0.0408. The summed E-state index contributed by atoms with van der Waals surface area (Å²) in [7, 11) is 0. The van der Waals surface area contributed by atoms with Crippen LogP contribution in [0.1, 0.15) is 33.0 Å². The molecule has 0 spiro atoms. The number of halogens is 3. The van der Waals surface area contributed by atoms with E-state index in [1.807, 2.05) is 0 Å². The summed E-state index contributed by atoms with van der Waals surface area (Å²) in [5.41, 5.74) is -1.22. The Balaban J connectivity index is 2.16. The normalized spacial score (nSPS) is 17.3. The minimum atomic E-state index is -4.38. The highest BCUT2D eigenvalue weighted by Crippen LogP contribution is 2.49. The number of aryl methyl sites for hydroxylation is 1. The second-order valence-corrected chi connectivity index (χ2v) is 5.62. The molecule has 0 bridgehead atoms. The first-order valence-corrected chi connectivity index (χ1v) is 6.23. The number of carbonyl (C=O) groups excluding carboxylic acids is 1. The number of hydrogen-bond acceptors (Lipinski definition) is 2. The van der Waals surface area contributed by atoms with Crippen molar-refractivity contribution in [1.29, 1.82) is 0 Å². The fourth-order valence-corrected chi connectivity index (χ4v) is 2.61. The van der Waals surface area contributed by atoms with Gasteiger partial charge < -0.3 is 5.32 Å². The van der Waals surface area contributed by atoms with Gasteiger partial charge in [-0.05, 0) is 31.4 Å². The summed E-state index contributed by atoms with van der Waals surface area (Å²) in [6, 6.07) is 1.56. The van der Waals surface area contributed by atoms with Gasteiger partial charge in [0.05, 0.1) is 4.88 Å². The Bertz CT molecular complexity index is 500. The summed E-state index contributed by atoms with van der Waals surface area (Å²) in [5.74, 6) is -0.661. The molecule has 1 N–H and O–H groups in total. The fraction of sp³-hybridized carbons (Fsp3) is 0.417. The molecule has 1 aliphatic rings. The van der Waals surface area contributed by atoms with Crippen molar-refractivity contribution in [2.75, 3.05) is 0 Å². The lowest BCUT2D eigenvalue weighted by atomic mass is 10.2. The predicted molar refractivity (Wildman–Crippen MR) is 64.6 cm³/mol. The molecule has 1 aliphatic carbocycles. The van der Waals surface area contributed by atoms with Gasteiger partial charge >= 0.3 is 6.18 Å². The Kier molecular flexibility index (Phi) is 3.01. The number of thiophene rings is 1. The van der Waals surface area contributed by atoms with Crippen molar-refractivity contribution in [3.63, 3.8) is 0 Å². The van der Waals surface area contributed by atoms with Gasteiger partial charge in [0, 0.05) is 4.88 Å². The highest BCUT2D eigenvalue weighted by Gasteiger charge is 2.64. The van der Waals surface area contributed by atoms with Crippen molar-refractivity contribution in [2.45, 2.75) is 31.5 Å². The van der Waals surface area contributed by atoms with Crippen LogP contribution in [0, 0.1) is 6.92 Å². The quantitative estimate of drug-likeness (QED) is 0.898. The number of hydrogen-bond donors (Lipinski definition) is 1. The highest BCUT2D eigenvalue weighted by atomic mass is 32.1. The molecule has 0 aliphatic heterocycles. The number of alkyl halides is 3. The van der Waals surface area contributed by atoms with Gasteiger partial charge in [0.1, 0.15) is 5.54 Å². The van der Waals surface area contributed by atoms with E-state index in [0.29, 0.717) is 0 Å². The zero-order valence-corrected chi connectivity index (χ0v) is 10.5. The minimum Gasteiger partial charge on any atom is -0.337 e. The number of carbonyl (C=O) groups is 1. The second kappa shape index (κ2) is 4.12. The molecule has 1 aromatic heterocycles. The molecule has 2 nitrogen and oxygen atoms in total. The third-order valence-electron chi connectivity index (χ3n) is 3.05. The molecule has 0 saturated heterocycles. The van der Waals surface area contributed by atoms with E-state index in [4.69, 9.17) is 0 Å². The van der Waals surface area contributed by atoms with E-state index in [-0.39, 0.29) is 17.7 Å². The smallest absolute Gasteiger partial charge is 0.337 e. The molecular formula is C12H12F3NOS. The molecule has 0 unspecified atom stereocenters. The summed E-state index contributed by atoms with van der Waals surface area (Å²) in [6.07, 6.45) is -2.88. The van der Waals surface area contributed by atoms with Gasteiger partial charge in [-0.2, -0.15) is 13.2 Å². The fourth-order valence-electron chi connectivity index (χ4n) is 1.69. The number of rotatable bonds is 3. The van der Waals surface area contributed by atoms with Crippen LogP contribution in [0.15, 0.2) is 12.6 Å². The monoisotopic (exact) mass is 275 g/mol. The third kappa shape index (κ3) is 2.16. The van der Waals surface area contributed by atoms with Gasteiger partial charge in [-0.3, -0.25) is 4.79 Å². The molecule has 18 heavy (non-hydrogen) atoms. The van der Waals surface area contributed by atoms with Gasteiger partial charge in [0.15, 0.2) is 0 Å².